The number of hydrogen-bond acceptors (Lipinski definition) is 0. The van der Waals surface area contributed by atoms with Crippen molar-refractivity contribution in [3.05, 3.63) is 19.1 Å². The van der Waals surface area contributed by atoms with Gasteiger partial charge in [0.05, 0.1) is 0 Å². The molecule has 0 saturated heterocycles. The molecule has 0 aliphatic rings. The van der Waals surface area contributed by atoms with Gasteiger partial charge in [-0.25, -0.2) is 0 Å². The summed E-state index contributed by atoms with van der Waals surface area (Å²) in [6.07, 6.45) is 7.85. The highest BCUT2D eigenvalue weighted by molar-refractivity contribution is 4.84. The predicted octanol–water partition coefficient (Wildman–Crippen LogP) is 3.20. The molecule has 0 aliphatic carbocycles. The fourth-order valence-corrected chi connectivity index (χ4v) is 0.939. The van der Waals surface area contributed by atoms with Gasteiger partial charge in [0.1, 0.15) is 0 Å². The van der Waals surface area contributed by atoms with E-state index in [1.807, 2.05) is 6.08 Å². The highest BCUT2D eigenvalue weighted by atomic mass is 14.0. The molecular weight excluding hydrogens is 108 g/mol. The highest BCUT2D eigenvalue weighted by Gasteiger charge is 1.94. The van der Waals surface area contributed by atoms with Crippen molar-refractivity contribution in [2.75, 3.05) is 0 Å². The van der Waals surface area contributed by atoms with E-state index in [9.17, 15) is 0 Å². The Kier molecular flexibility index (Phi) is 5.70. The Bertz CT molecular complexity index is 72.1. The van der Waals surface area contributed by atoms with Gasteiger partial charge in [-0.05, 0) is 19.3 Å². The molecule has 1 unspecified atom stereocenters. The van der Waals surface area contributed by atoms with Gasteiger partial charge in [0.15, 0.2) is 0 Å². The molecule has 0 bridgehead atoms. The van der Waals surface area contributed by atoms with E-state index in [1.165, 1.54) is 19.3 Å². The quantitative estimate of drug-likeness (QED) is 0.541. The third-order valence-corrected chi connectivity index (χ3v) is 1.49. The van der Waals surface area contributed by atoms with Gasteiger partial charge in [0, 0.05) is 0 Å². The zero-order chi connectivity index (χ0) is 7.11. The average molecular weight is 125 g/mol. The molecular formula is C9H17. The zero-order valence-corrected chi connectivity index (χ0v) is 6.56. The van der Waals surface area contributed by atoms with E-state index in [2.05, 4.69) is 26.8 Å². The number of hydrogen-bond donors (Lipinski definition) is 0. The Morgan fingerprint density at radius 3 is 2.67 bits per heavy atom. The van der Waals surface area contributed by atoms with Crippen LogP contribution in [0.5, 0.6) is 0 Å². The molecule has 0 aromatic heterocycles. The Labute approximate surface area is 59.0 Å². The van der Waals surface area contributed by atoms with Crippen molar-refractivity contribution in [1.82, 2.24) is 0 Å². The number of rotatable bonds is 4. The minimum absolute atomic E-state index is 0.841. The molecule has 0 saturated carbocycles. The van der Waals surface area contributed by atoms with Gasteiger partial charge in [-0.2, -0.15) is 0 Å². The summed E-state index contributed by atoms with van der Waals surface area (Å²) in [6, 6.07) is 0. The second kappa shape index (κ2) is 5.87. The molecule has 0 spiro atoms. The van der Waals surface area contributed by atoms with Crippen molar-refractivity contribution in [3.8, 4) is 0 Å². The Morgan fingerprint density at radius 1 is 1.56 bits per heavy atom. The maximum atomic E-state index is 3.64. The lowest BCUT2D eigenvalue weighted by Crippen LogP contribution is -1.89. The Morgan fingerprint density at radius 2 is 2.22 bits per heavy atom. The molecule has 0 aliphatic heterocycles. The molecule has 0 amide bonds. The molecule has 0 fully saturated rings. The molecule has 0 aromatic rings. The van der Waals surface area contributed by atoms with E-state index in [4.69, 9.17) is 0 Å². The van der Waals surface area contributed by atoms with Crippen molar-refractivity contribution < 1.29 is 0 Å². The van der Waals surface area contributed by atoms with Crippen LogP contribution in [-0.4, -0.2) is 0 Å². The Balaban J connectivity index is 3.15. The first-order valence-electron chi connectivity index (χ1n) is 3.75. The van der Waals surface area contributed by atoms with E-state index in [0.29, 0.717) is 0 Å². The summed E-state index contributed by atoms with van der Waals surface area (Å²) in [4.78, 5) is 0. The monoisotopic (exact) mass is 125 g/mol. The van der Waals surface area contributed by atoms with Crippen LogP contribution in [-0.2, 0) is 0 Å². The standard InChI is InChI=1S/C9H17/c1-4-6-8-9(3)7-5-2/h4,6,9H,1,5,7-8H2,2-3H3/b6-4+. The van der Waals surface area contributed by atoms with E-state index in [-0.39, 0.29) is 0 Å². The van der Waals surface area contributed by atoms with E-state index in [1.54, 1.807) is 0 Å². The van der Waals surface area contributed by atoms with Crippen LogP contribution in [0.25, 0.3) is 0 Å². The normalized spacial score (nSPS) is 14.6. The summed E-state index contributed by atoms with van der Waals surface area (Å²) in [7, 11) is 0. The topological polar surface area (TPSA) is 0 Å². The van der Waals surface area contributed by atoms with Crippen LogP contribution in [0.4, 0.5) is 0 Å². The zero-order valence-electron chi connectivity index (χ0n) is 6.56. The largest absolute Gasteiger partial charge is 0.0883 e. The lowest BCUT2D eigenvalue weighted by atomic mass is 10.0. The summed E-state index contributed by atoms with van der Waals surface area (Å²) >= 11 is 0. The molecule has 0 nitrogen and oxygen atoms in total. The molecule has 1 radical (unpaired) electrons. The minimum atomic E-state index is 0.841. The predicted molar refractivity (Wildman–Crippen MR) is 43.2 cm³/mol. The van der Waals surface area contributed by atoms with Gasteiger partial charge in [-0.15, -0.1) is 0 Å². The van der Waals surface area contributed by atoms with Crippen molar-refractivity contribution >= 4 is 0 Å². The Hall–Kier alpha value is -0.260. The fraction of sp³-hybridized carbons (Fsp3) is 0.667. The van der Waals surface area contributed by atoms with Crippen molar-refractivity contribution in [1.29, 1.82) is 0 Å². The van der Waals surface area contributed by atoms with Gasteiger partial charge in [-0.1, -0.05) is 38.8 Å². The van der Waals surface area contributed by atoms with Gasteiger partial charge in [-0.3, -0.25) is 0 Å². The smallest absolute Gasteiger partial charge is 0.0316 e. The molecule has 0 N–H and O–H groups in total. The summed E-state index contributed by atoms with van der Waals surface area (Å²) in [5, 5.41) is 0. The molecule has 0 heteroatoms. The first-order chi connectivity index (χ1) is 4.31. The molecule has 0 heterocycles. The van der Waals surface area contributed by atoms with E-state index in [0.717, 1.165) is 5.92 Å². The average Bonchev–Trinajstić information content (AvgIpc) is 1.85. The molecule has 53 valence electrons. The SMILES string of the molecule is [CH2]/C=C/CC(C)CCC. The number of allylic oxidation sites excluding steroid dienone is 2. The molecule has 1 atom stereocenters. The van der Waals surface area contributed by atoms with E-state index < -0.39 is 0 Å². The second-order valence-corrected chi connectivity index (χ2v) is 2.60. The maximum absolute atomic E-state index is 3.64. The fourth-order valence-electron chi connectivity index (χ4n) is 0.939. The minimum Gasteiger partial charge on any atom is -0.0883 e. The van der Waals surface area contributed by atoms with Gasteiger partial charge >= 0.3 is 0 Å². The summed E-state index contributed by atoms with van der Waals surface area (Å²) in [5.74, 6) is 0.841. The van der Waals surface area contributed by atoms with Crippen LogP contribution in [0.3, 0.4) is 0 Å². The van der Waals surface area contributed by atoms with E-state index >= 15 is 0 Å². The second-order valence-electron chi connectivity index (χ2n) is 2.60. The molecule has 0 rings (SSSR count). The van der Waals surface area contributed by atoms with Crippen LogP contribution in [0.15, 0.2) is 12.2 Å². The maximum Gasteiger partial charge on any atom is -0.0316 e. The first kappa shape index (κ1) is 8.74. The van der Waals surface area contributed by atoms with Gasteiger partial charge in [0.2, 0.25) is 0 Å². The first-order valence-corrected chi connectivity index (χ1v) is 3.75. The third-order valence-electron chi connectivity index (χ3n) is 1.49. The van der Waals surface area contributed by atoms with Crippen LogP contribution in [0.2, 0.25) is 0 Å². The molecule has 0 aromatic carbocycles. The van der Waals surface area contributed by atoms with Crippen LogP contribution in [0, 0.1) is 12.8 Å². The third kappa shape index (κ3) is 5.61. The van der Waals surface area contributed by atoms with Crippen molar-refractivity contribution in [3.63, 3.8) is 0 Å². The van der Waals surface area contributed by atoms with Crippen LogP contribution in [0.1, 0.15) is 33.1 Å². The van der Waals surface area contributed by atoms with Crippen molar-refractivity contribution in [2.24, 2.45) is 5.92 Å². The summed E-state index contributed by atoms with van der Waals surface area (Å²) in [6.45, 7) is 8.15. The summed E-state index contributed by atoms with van der Waals surface area (Å²) in [5.41, 5.74) is 0. The summed E-state index contributed by atoms with van der Waals surface area (Å²) < 4.78 is 0. The lowest BCUT2D eigenvalue weighted by Gasteiger charge is -2.04. The van der Waals surface area contributed by atoms with Crippen molar-refractivity contribution in [2.45, 2.75) is 33.1 Å². The van der Waals surface area contributed by atoms with Crippen LogP contribution < -0.4 is 0 Å². The van der Waals surface area contributed by atoms with Gasteiger partial charge < -0.3 is 0 Å². The highest BCUT2D eigenvalue weighted by Crippen LogP contribution is 2.09. The van der Waals surface area contributed by atoms with Gasteiger partial charge in [0.25, 0.3) is 0 Å². The van der Waals surface area contributed by atoms with Crippen LogP contribution >= 0.6 is 0 Å². The lowest BCUT2D eigenvalue weighted by molar-refractivity contribution is 0.532. The molecule has 9 heavy (non-hydrogen) atoms.